The normalized spacial score (nSPS) is 10.5. The lowest BCUT2D eigenvalue weighted by Gasteiger charge is -2.09. The summed E-state index contributed by atoms with van der Waals surface area (Å²) >= 11 is 0. The van der Waals surface area contributed by atoms with E-state index < -0.39 is 5.97 Å². The highest BCUT2D eigenvalue weighted by molar-refractivity contribution is 5.97. The number of hydrogen-bond acceptors (Lipinski definition) is 4. The molecule has 0 aliphatic carbocycles. The molecule has 4 nitrogen and oxygen atoms in total. The van der Waals surface area contributed by atoms with E-state index in [9.17, 15) is 9.59 Å². The Balaban J connectivity index is 1.98. The van der Waals surface area contributed by atoms with Gasteiger partial charge in [0.15, 0.2) is 12.4 Å². The van der Waals surface area contributed by atoms with Crippen LogP contribution in [0.5, 0.6) is 5.75 Å². The van der Waals surface area contributed by atoms with E-state index in [1.807, 2.05) is 24.3 Å². The molecule has 0 spiro atoms. The van der Waals surface area contributed by atoms with Crippen molar-refractivity contribution in [2.24, 2.45) is 0 Å². The molecule has 0 aromatic heterocycles. The number of ether oxygens (including phenoxy) is 2. The largest absolute Gasteiger partial charge is 0.485 e. The van der Waals surface area contributed by atoms with Gasteiger partial charge in [0.05, 0.1) is 12.2 Å². The second-order valence-electron chi connectivity index (χ2n) is 5.74. The molecule has 24 heavy (non-hydrogen) atoms. The second kappa shape index (κ2) is 8.29. The van der Waals surface area contributed by atoms with Gasteiger partial charge in [-0.1, -0.05) is 44.2 Å². The van der Waals surface area contributed by atoms with Gasteiger partial charge in [-0.15, -0.1) is 0 Å². The molecule has 0 aliphatic rings. The number of esters is 1. The molecular weight excluding hydrogens is 304 g/mol. The maximum atomic E-state index is 12.2. The summed E-state index contributed by atoms with van der Waals surface area (Å²) in [4.78, 5) is 23.9. The standard InChI is InChI=1S/C20H22O4/c1-4-23-20(22)17-6-5-7-18(12-17)24-13-19(21)16-10-8-15(9-11-16)14(2)3/h5-12,14H,4,13H2,1-3H3. The van der Waals surface area contributed by atoms with Gasteiger partial charge in [-0.05, 0) is 36.6 Å². The first kappa shape index (κ1) is 17.7. The molecule has 4 heteroatoms. The number of Topliss-reactive ketones (excluding diaryl/α,β-unsaturated/α-hetero) is 1. The van der Waals surface area contributed by atoms with Gasteiger partial charge < -0.3 is 9.47 Å². The molecule has 2 aromatic carbocycles. The van der Waals surface area contributed by atoms with Gasteiger partial charge in [0.1, 0.15) is 5.75 Å². The molecular formula is C20H22O4. The molecule has 2 rings (SSSR count). The number of hydrogen-bond donors (Lipinski definition) is 0. The maximum Gasteiger partial charge on any atom is 0.338 e. The zero-order valence-corrected chi connectivity index (χ0v) is 14.2. The quantitative estimate of drug-likeness (QED) is 0.564. The smallest absolute Gasteiger partial charge is 0.338 e. The first-order chi connectivity index (χ1) is 11.5. The summed E-state index contributed by atoms with van der Waals surface area (Å²) in [5.74, 6) is 0.383. The Bertz CT molecular complexity index is 702. The Morgan fingerprint density at radius 2 is 1.71 bits per heavy atom. The van der Waals surface area contributed by atoms with Gasteiger partial charge >= 0.3 is 5.97 Å². The van der Waals surface area contributed by atoms with Crippen LogP contribution in [0.2, 0.25) is 0 Å². The molecule has 2 aromatic rings. The topological polar surface area (TPSA) is 52.6 Å². The van der Waals surface area contributed by atoms with Crippen molar-refractivity contribution in [3.63, 3.8) is 0 Å². The maximum absolute atomic E-state index is 12.2. The average Bonchev–Trinajstić information content (AvgIpc) is 2.60. The Morgan fingerprint density at radius 1 is 1.00 bits per heavy atom. The van der Waals surface area contributed by atoms with Gasteiger partial charge in [0.25, 0.3) is 0 Å². The van der Waals surface area contributed by atoms with Crippen molar-refractivity contribution in [1.29, 1.82) is 0 Å². The fraction of sp³-hybridized carbons (Fsp3) is 0.300. The Kier molecular flexibility index (Phi) is 6.13. The molecule has 0 radical (unpaired) electrons. The van der Waals surface area contributed by atoms with E-state index in [0.717, 1.165) is 0 Å². The van der Waals surface area contributed by atoms with E-state index in [0.29, 0.717) is 29.4 Å². The van der Waals surface area contributed by atoms with Gasteiger partial charge in [-0.3, -0.25) is 4.79 Å². The van der Waals surface area contributed by atoms with E-state index in [1.165, 1.54) is 5.56 Å². The van der Waals surface area contributed by atoms with Crippen molar-refractivity contribution in [3.05, 3.63) is 65.2 Å². The summed E-state index contributed by atoms with van der Waals surface area (Å²) in [6, 6.07) is 14.2. The van der Waals surface area contributed by atoms with Crippen molar-refractivity contribution in [2.45, 2.75) is 26.7 Å². The fourth-order valence-electron chi connectivity index (χ4n) is 2.21. The second-order valence-corrected chi connectivity index (χ2v) is 5.74. The van der Waals surface area contributed by atoms with Crippen LogP contribution in [0.25, 0.3) is 0 Å². The first-order valence-corrected chi connectivity index (χ1v) is 8.04. The number of carbonyl (C=O) groups excluding carboxylic acids is 2. The first-order valence-electron chi connectivity index (χ1n) is 8.04. The molecule has 0 saturated carbocycles. The number of ketones is 1. The van der Waals surface area contributed by atoms with Gasteiger partial charge in [-0.25, -0.2) is 4.79 Å². The Hall–Kier alpha value is -2.62. The predicted molar refractivity (Wildman–Crippen MR) is 92.8 cm³/mol. The molecule has 0 aliphatic heterocycles. The lowest BCUT2D eigenvalue weighted by molar-refractivity contribution is 0.0526. The van der Waals surface area contributed by atoms with Crippen LogP contribution in [0.15, 0.2) is 48.5 Å². The SMILES string of the molecule is CCOC(=O)c1cccc(OCC(=O)c2ccc(C(C)C)cc2)c1. The summed E-state index contributed by atoms with van der Waals surface area (Å²) in [5.41, 5.74) is 2.21. The van der Waals surface area contributed by atoms with E-state index in [2.05, 4.69) is 13.8 Å². The molecule has 0 saturated heterocycles. The molecule has 0 fully saturated rings. The molecule has 0 unspecified atom stereocenters. The summed E-state index contributed by atoms with van der Waals surface area (Å²) in [6.07, 6.45) is 0. The summed E-state index contributed by atoms with van der Waals surface area (Å²) in [6.45, 7) is 6.20. The van der Waals surface area contributed by atoms with E-state index in [1.54, 1.807) is 31.2 Å². The Labute approximate surface area is 142 Å². The van der Waals surface area contributed by atoms with Crippen molar-refractivity contribution in [3.8, 4) is 5.75 Å². The Morgan fingerprint density at radius 3 is 2.33 bits per heavy atom. The molecule has 0 heterocycles. The summed E-state index contributed by atoms with van der Waals surface area (Å²) in [5, 5.41) is 0. The zero-order valence-electron chi connectivity index (χ0n) is 14.2. The highest BCUT2D eigenvalue weighted by Gasteiger charge is 2.10. The van der Waals surface area contributed by atoms with Crippen LogP contribution < -0.4 is 4.74 Å². The van der Waals surface area contributed by atoms with Crippen molar-refractivity contribution in [2.75, 3.05) is 13.2 Å². The molecule has 0 bridgehead atoms. The van der Waals surface area contributed by atoms with Crippen LogP contribution in [0.1, 0.15) is 53.0 Å². The van der Waals surface area contributed by atoms with E-state index in [-0.39, 0.29) is 12.4 Å². The van der Waals surface area contributed by atoms with Crippen LogP contribution in [0.4, 0.5) is 0 Å². The molecule has 126 valence electrons. The highest BCUT2D eigenvalue weighted by Crippen LogP contribution is 2.17. The minimum absolute atomic E-state index is 0.0761. The lowest BCUT2D eigenvalue weighted by atomic mass is 10.0. The lowest BCUT2D eigenvalue weighted by Crippen LogP contribution is -2.12. The van der Waals surface area contributed by atoms with Crippen LogP contribution in [0, 0.1) is 0 Å². The number of benzene rings is 2. The average molecular weight is 326 g/mol. The summed E-state index contributed by atoms with van der Waals surface area (Å²) < 4.78 is 10.5. The fourth-order valence-corrected chi connectivity index (χ4v) is 2.21. The minimum Gasteiger partial charge on any atom is -0.485 e. The third-order valence-electron chi connectivity index (χ3n) is 3.61. The van der Waals surface area contributed by atoms with Crippen molar-refractivity contribution < 1.29 is 19.1 Å². The number of rotatable bonds is 7. The third kappa shape index (κ3) is 4.69. The molecule has 0 atom stereocenters. The van der Waals surface area contributed by atoms with Crippen LogP contribution in [-0.2, 0) is 4.74 Å². The summed E-state index contributed by atoms with van der Waals surface area (Å²) in [7, 11) is 0. The number of carbonyl (C=O) groups is 2. The highest BCUT2D eigenvalue weighted by atomic mass is 16.5. The van der Waals surface area contributed by atoms with Gasteiger partial charge in [-0.2, -0.15) is 0 Å². The molecule has 0 N–H and O–H groups in total. The third-order valence-corrected chi connectivity index (χ3v) is 3.61. The van der Waals surface area contributed by atoms with E-state index in [4.69, 9.17) is 9.47 Å². The van der Waals surface area contributed by atoms with Gasteiger partial charge in [0, 0.05) is 5.56 Å². The van der Waals surface area contributed by atoms with E-state index >= 15 is 0 Å². The monoisotopic (exact) mass is 326 g/mol. The van der Waals surface area contributed by atoms with Crippen molar-refractivity contribution in [1.82, 2.24) is 0 Å². The van der Waals surface area contributed by atoms with Crippen LogP contribution >= 0.6 is 0 Å². The van der Waals surface area contributed by atoms with Gasteiger partial charge in [0.2, 0.25) is 0 Å². The minimum atomic E-state index is -0.404. The van der Waals surface area contributed by atoms with Crippen LogP contribution in [0.3, 0.4) is 0 Å². The predicted octanol–water partition coefficient (Wildman–Crippen LogP) is 4.25. The van der Waals surface area contributed by atoms with Crippen molar-refractivity contribution >= 4 is 11.8 Å². The zero-order chi connectivity index (χ0) is 17.5. The molecule has 0 amide bonds. The van der Waals surface area contributed by atoms with Crippen LogP contribution in [-0.4, -0.2) is 25.0 Å².